The monoisotopic (exact) mass is 427 g/mol. The third-order valence-electron chi connectivity index (χ3n) is 5.54. The summed E-state index contributed by atoms with van der Waals surface area (Å²) in [5.74, 6) is 0.675. The molecule has 0 amide bonds. The fourth-order valence-electron chi connectivity index (χ4n) is 3.89. The highest BCUT2D eigenvalue weighted by Crippen LogP contribution is 2.22. The van der Waals surface area contributed by atoms with Gasteiger partial charge in [0.2, 0.25) is 5.56 Å². The van der Waals surface area contributed by atoms with Crippen LogP contribution in [-0.2, 0) is 0 Å². The number of aromatic amines is 1. The minimum Gasteiger partial charge on any atom is -0.491 e. The molecule has 2 N–H and O–H groups in total. The van der Waals surface area contributed by atoms with Crippen LogP contribution in [0, 0.1) is 0 Å². The molecule has 1 aliphatic rings. The number of pyridine rings is 1. The Balaban J connectivity index is 1.29. The molecule has 2 unspecified atom stereocenters. The van der Waals surface area contributed by atoms with Gasteiger partial charge in [-0.2, -0.15) is 0 Å². The van der Waals surface area contributed by atoms with Gasteiger partial charge in [0, 0.05) is 59.9 Å². The predicted molar refractivity (Wildman–Crippen MR) is 121 cm³/mol. The van der Waals surface area contributed by atoms with Crippen molar-refractivity contribution in [2.24, 2.45) is 0 Å². The Morgan fingerprint density at radius 2 is 1.97 bits per heavy atom. The number of aliphatic hydroxyl groups is 1. The van der Waals surface area contributed by atoms with Gasteiger partial charge in [-0.15, -0.1) is 0 Å². The zero-order valence-corrected chi connectivity index (χ0v) is 17.7. The van der Waals surface area contributed by atoms with E-state index in [9.17, 15) is 9.90 Å². The van der Waals surface area contributed by atoms with Crippen LogP contribution in [0.5, 0.6) is 5.75 Å². The van der Waals surface area contributed by atoms with Gasteiger partial charge in [0.25, 0.3) is 0 Å². The first-order chi connectivity index (χ1) is 14.5. The fourth-order valence-corrected chi connectivity index (χ4v) is 4.02. The molecule has 1 aliphatic heterocycles. The molecule has 0 radical (unpaired) electrons. The number of H-pyrrole nitrogens is 1. The molecule has 4 rings (SSSR count). The largest absolute Gasteiger partial charge is 0.491 e. The molecule has 7 heteroatoms. The quantitative estimate of drug-likeness (QED) is 0.632. The molecule has 2 atom stereocenters. The van der Waals surface area contributed by atoms with E-state index < -0.39 is 6.10 Å². The summed E-state index contributed by atoms with van der Waals surface area (Å²) in [6, 6.07) is 17.0. The number of halogens is 1. The zero-order valence-electron chi connectivity index (χ0n) is 16.9. The number of aromatic nitrogens is 1. The number of nitrogens with one attached hydrogen (secondary N) is 1. The van der Waals surface area contributed by atoms with E-state index in [-0.39, 0.29) is 12.2 Å². The van der Waals surface area contributed by atoms with E-state index in [1.54, 1.807) is 12.1 Å². The number of hydrogen-bond acceptors (Lipinski definition) is 5. The van der Waals surface area contributed by atoms with Crippen molar-refractivity contribution in [3.63, 3.8) is 0 Å². The molecule has 0 saturated carbocycles. The second-order valence-electron chi connectivity index (χ2n) is 7.80. The molecular formula is C23H26ClN3O3. The van der Waals surface area contributed by atoms with Gasteiger partial charge in [0.1, 0.15) is 18.5 Å². The molecule has 1 fully saturated rings. The second-order valence-corrected chi connectivity index (χ2v) is 8.24. The average Bonchev–Trinajstić information content (AvgIpc) is 2.74. The molecule has 30 heavy (non-hydrogen) atoms. The lowest BCUT2D eigenvalue weighted by molar-refractivity contribution is 0.0513. The summed E-state index contributed by atoms with van der Waals surface area (Å²) >= 11 is 5.99. The lowest BCUT2D eigenvalue weighted by Crippen LogP contribution is -2.54. The molecule has 0 bridgehead atoms. The van der Waals surface area contributed by atoms with Crippen LogP contribution < -0.4 is 15.2 Å². The summed E-state index contributed by atoms with van der Waals surface area (Å²) in [5, 5.41) is 12.1. The molecular weight excluding hydrogens is 402 g/mol. The molecule has 2 aromatic carbocycles. The minimum atomic E-state index is -0.583. The number of aliphatic hydroxyl groups excluding tert-OH is 1. The number of ether oxygens (including phenoxy) is 1. The van der Waals surface area contributed by atoms with Crippen molar-refractivity contribution >= 4 is 28.2 Å². The molecule has 0 aliphatic carbocycles. The highest BCUT2D eigenvalue weighted by Gasteiger charge is 2.25. The van der Waals surface area contributed by atoms with E-state index >= 15 is 0 Å². The zero-order chi connectivity index (χ0) is 21.1. The molecule has 1 saturated heterocycles. The maximum absolute atomic E-state index is 11.4. The minimum absolute atomic E-state index is 0.128. The van der Waals surface area contributed by atoms with Crippen LogP contribution >= 0.6 is 11.6 Å². The Kier molecular flexibility index (Phi) is 6.27. The molecule has 1 aromatic heterocycles. The van der Waals surface area contributed by atoms with Crippen LogP contribution in [-0.4, -0.2) is 59.9 Å². The Morgan fingerprint density at radius 3 is 2.73 bits per heavy atom. The van der Waals surface area contributed by atoms with Crippen molar-refractivity contribution in [3.05, 3.63) is 70.0 Å². The van der Waals surface area contributed by atoms with Crippen LogP contribution in [0.2, 0.25) is 5.02 Å². The summed E-state index contributed by atoms with van der Waals surface area (Å²) in [5.41, 5.74) is 1.81. The van der Waals surface area contributed by atoms with Gasteiger partial charge >= 0.3 is 0 Å². The number of benzene rings is 2. The highest BCUT2D eigenvalue weighted by molar-refractivity contribution is 6.30. The Labute approximate surface area is 180 Å². The Hall–Kier alpha value is -2.54. The molecule has 2 heterocycles. The first kappa shape index (κ1) is 20.7. The van der Waals surface area contributed by atoms with Gasteiger partial charge in [-0.1, -0.05) is 11.6 Å². The number of fused-ring (bicyclic) bond motifs is 1. The molecule has 158 valence electrons. The number of nitrogens with zero attached hydrogens (tertiary/aromatic N) is 2. The maximum atomic E-state index is 11.4. The Morgan fingerprint density at radius 1 is 1.17 bits per heavy atom. The van der Waals surface area contributed by atoms with Crippen molar-refractivity contribution in [2.75, 3.05) is 37.7 Å². The highest BCUT2D eigenvalue weighted by atomic mass is 35.5. The lowest BCUT2D eigenvalue weighted by atomic mass is 10.1. The molecule has 3 aromatic rings. The van der Waals surface area contributed by atoms with Crippen LogP contribution in [0.25, 0.3) is 10.9 Å². The summed E-state index contributed by atoms with van der Waals surface area (Å²) < 4.78 is 5.79. The number of rotatable bonds is 6. The van der Waals surface area contributed by atoms with Crippen molar-refractivity contribution in [1.82, 2.24) is 9.88 Å². The van der Waals surface area contributed by atoms with Gasteiger partial charge in [-0.25, -0.2) is 0 Å². The van der Waals surface area contributed by atoms with Crippen molar-refractivity contribution in [1.29, 1.82) is 0 Å². The number of anilines is 1. The standard InChI is InChI=1S/C23H26ClN3O3/c1-16-13-27(19-5-3-18(24)4-6-19)11-10-26(16)14-20(28)15-30-21-7-8-22-17(12-21)2-9-23(29)25-22/h2-9,12,16,20,28H,10-11,13-15H2,1H3,(H,25,29). The van der Waals surface area contributed by atoms with Crippen molar-refractivity contribution in [2.45, 2.75) is 19.1 Å². The predicted octanol–water partition coefficient (Wildman–Crippen LogP) is 3.13. The first-order valence-electron chi connectivity index (χ1n) is 10.2. The summed E-state index contributed by atoms with van der Waals surface area (Å²) in [6.45, 7) is 5.65. The summed E-state index contributed by atoms with van der Waals surface area (Å²) in [7, 11) is 0. The smallest absolute Gasteiger partial charge is 0.248 e. The van der Waals surface area contributed by atoms with Crippen molar-refractivity contribution < 1.29 is 9.84 Å². The third kappa shape index (κ3) is 4.95. The SMILES string of the molecule is CC1CN(c2ccc(Cl)cc2)CCN1CC(O)COc1ccc2[nH]c(=O)ccc2c1. The van der Waals surface area contributed by atoms with Crippen LogP contribution in [0.15, 0.2) is 59.4 Å². The van der Waals surface area contributed by atoms with E-state index in [2.05, 4.69) is 21.7 Å². The van der Waals surface area contributed by atoms with E-state index in [1.165, 1.54) is 11.8 Å². The molecule has 6 nitrogen and oxygen atoms in total. The van der Waals surface area contributed by atoms with Gasteiger partial charge in [-0.05, 0) is 55.5 Å². The second kappa shape index (κ2) is 9.08. The van der Waals surface area contributed by atoms with E-state index in [0.29, 0.717) is 18.3 Å². The lowest BCUT2D eigenvalue weighted by Gasteiger charge is -2.41. The number of β-amino-alcohol motifs (C(OH)–C–C–N with tert-alkyl or cyclic N) is 1. The van der Waals surface area contributed by atoms with Crippen LogP contribution in [0.4, 0.5) is 5.69 Å². The Bertz CT molecular complexity index is 1050. The fraction of sp³-hybridized carbons (Fsp3) is 0.348. The normalized spacial score (nSPS) is 18.5. The van der Waals surface area contributed by atoms with Gasteiger partial charge in [0.15, 0.2) is 0 Å². The third-order valence-corrected chi connectivity index (χ3v) is 5.79. The summed E-state index contributed by atoms with van der Waals surface area (Å²) in [6.07, 6.45) is -0.583. The van der Waals surface area contributed by atoms with Gasteiger partial charge < -0.3 is 19.7 Å². The topological polar surface area (TPSA) is 68.8 Å². The summed E-state index contributed by atoms with van der Waals surface area (Å²) in [4.78, 5) is 18.8. The first-order valence-corrected chi connectivity index (χ1v) is 10.5. The van der Waals surface area contributed by atoms with E-state index in [1.807, 2.05) is 36.4 Å². The van der Waals surface area contributed by atoms with Crippen LogP contribution in [0.1, 0.15) is 6.92 Å². The van der Waals surface area contributed by atoms with Gasteiger partial charge in [-0.3, -0.25) is 9.69 Å². The maximum Gasteiger partial charge on any atom is 0.248 e. The van der Waals surface area contributed by atoms with E-state index in [4.69, 9.17) is 16.3 Å². The van der Waals surface area contributed by atoms with Gasteiger partial charge in [0.05, 0.1) is 0 Å². The van der Waals surface area contributed by atoms with Crippen molar-refractivity contribution in [3.8, 4) is 5.75 Å². The number of hydrogen-bond donors (Lipinski definition) is 2. The average molecular weight is 428 g/mol. The van der Waals surface area contributed by atoms with E-state index in [0.717, 1.165) is 35.6 Å². The number of piperazine rings is 1. The van der Waals surface area contributed by atoms with Crippen LogP contribution in [0.3, 0.4) is 0 Å². The molecule has 0 spiro atoms.